The minimum absolute atomic E-state index is 0.0375. The number of thiophene rings is 1. The Morgan fingerprint density at radius 1 is 1.30 bits per heavy atom. The van der Waals surface area contributed by atoms with Crippen molar-refractivity contribution >= 4 is 44.5 Å². The quantitative estimate of drug-likeness (QED) is 0.505. The van der Waals surface area contributed by atoms with Crippen molar-refractivity contribution in [2.75, 3.05) is 39.7 Å². The third kappa shape index (κ3) is 6.47. The van der Waals surface area contributed by atoms with E-state index < -0.39 is 9.84 Å². The van der Waals surface area contributed by atoms with Crippen LogP contribution >= 0.6 is 22.9 Å². The lowest BCUT2D eigenvalue weighted by Gasteiger charge is -2.32. The number of methoxy groups -OCH3 is 1. The Bertz CT molecular complexity index is 1130. The number of morpholine rings is 1. The van der Waals surface area contributed by atoms with Crippen LogP contribution < -0.4 is 9.47 Å². The van der Waals surface area contributed by atoms with Gasteiger partial charge in [-0.3, -0.25) is 4.79 Å². The Morgan fingerprint density at radius 3 is 2.70 bits per heavy atom. The van der Waals surface area contributed by atoms with Crippen molar-refractivity contribution in [3.8, 4) is 11.5 Å². The Hall–Kier alpha value is -2.14. The number of amides is 1. The van der Waals surface area contributed by atoms with Gasteiger partial charge in [0, 0.05) is 24.6 Å². The van der Waals surface area contributed by atoms with Gasteiger partial charge in [0.2, 0.25) is 0 Å². The molecule has 1 aromatic heterocycles. The number of ketones is 1. The SMILES string of the molecule is COc1cc(CCC(C)=O)ccc1OCC1CN(C(=O)c2scc(S(C)(=O)=O)c2Cl)CCO1. The number of aryl methyl sites for hydroxylation is 1. The van der Waals surface area contributed by atoms with Gasteiger partial charge in [0.25, 0.3) is 5.91 Å². The number of rotatable bonds is 9. The molecule has 0 N–H and O–H groups in total. The smallest absolute Gasteiger partial charge is 0.265 e. The molecular weight excluding hydrogens is 490 g/mol. The van der Waals surface area contributed by atoms with Gasteiger partial charge in [-0.1, -0.05) is 17.7 Å². The molecule has 11 heteroatoms. The van der Waals surface area contributed by atoms with Crippen LogP contribution in [-0.2, 0) is 25.8 Å². The number of ether oxygens (including phenoxy) is 3. The van der Waals surface area contributed by atoms with E-state index in [1.165, 1.54) is 5.38 Å². The molecule has 0 saturated carbocycles. The fraction of sp³-hybridized carbons (Fsp3) is 0.455. The highest BCUT2D eigenvalue weighted by Crippen LogP contribution is 2.33. The van der Waals surface area contributed by atoms with E-state index in [0.717, 1.165) is 23.2 Å². The largest absolute Gasteiger partial charge is 0.493 e. The second-order valence-electron chi connectivity index (χ2n) is 7.76. The average molecular weight is 516 g/mol. The predicted molar refractivity (Wildman–Crippen MR) is 126 cm³/mol. The lowest BCUT2D eigenvalue weighted by Crippen LogP contribution is -2.47. The Labute approximate surface area is 202 Å². The summed E-state index contributed by atoms with van der Waals surface area (Å²) in [6.45, 7) is 2.72. The molecule has 0 aliphatic carbocycles. The Balaban J connectivity index is 1.63. The molecule has 1 aromatic carbocycles. The van der Waals surface area contributed by atoms with Crippen molar-refractivity contribution in [3.05, 3.63) is 39.0 Å². The number of hydrogen-bond acceptors (Lipinski definition) is 8. The number of nitrogens with zero attached hydrogens (tertiary/aromatic N) is 1. The normalized spacial score (nSPS) is 16.5. The Morgan fingerprint density at radius 2 is 2.06 bits per heavy atom. The van der Waals surface area contributed by atoms with Gasteiger partial charge in [0.05, 0.1) is 30.2 Å². The van der Waals surface area contributed by atoms with Crippen molar-refractivity contribution < 1.29 is 32.2 Å². The molecule has 1 atom stereocenters. The number of Topliss-reactive ketones (excluding diaryl/α,β-unsaturated/α-hetero) is 1. The molecule has 33 heavy (non-hydrogen) atoms. The van der Waals surface area contributed by atoms with Crippen molar-refractivity contribution in [3.63, 3.8) is 0 Å². The summed E-state index contributed by atoms with van der Waals surface area (Å²) in [6.07, 6.45) is 1.77. The zero-order valence-corrected chi connectivity index (χ0v) is 21.0. The van der Waals surface area contributed by atoms with Crippen LogP contribution in [0, 0.1) is 0 Å². The zero-order valence-electron chi connectivity index (χ0n) is 18.6. The van der Waals surface area contributed by atoms with Gasteiger partial charge < -0.3 is 23.9 Å². The van der Waals surface area contributed by atoms with Gasteiger partial charge in [-0.05, 0) is 31.0 Å². The van der Waals surface area contributed by atoms with Gasteiger partial charge in [-0.2, -0.15) is 0 Å². The number of sulfone groups is 1. The molecule has 1 fully saturated rings. The maximum absolute atomic E-state index is 12.9. The van der Waals surface area contributed by atoms with Crippen LogP contribution in [0.25, 0.3) is 0 Å². The molecule has 1 saturated heterocycles. The van der Waals surface area contributed by atoms with E-state index in [2.05, 4.69) is 0 Å². The van der Waals surface area contributed by atoms with Gasteiger partial charge in [0.15, 0.2) is 21.3 Å². The minimum atomic E-state index is -3.51. The number of benzene rings is 1. The van der Waals surface area contributed by atoms with Crippen molar-refractivity contribution in [1.29, 1.82) is 0 Å². The van der Waals surface area contributed by atoms with E-state index in [1.54, 1.807) is 25.0 Å². The summed E-state index contributed by atoms with van der Waals surface area (Å²) >= 11 is 7.20. The fourth-order valence-electron chi connectivity index (χ4n) is 3.36. The van der Waals surface area contributed by atoms with E-state index in [9.17, 15) is 18.0 Å². The van der Waals surface area contributed by atoms with Crippen LogP contribution in [0.4, 0.5) is 0 Å². The van der Waals surface area contributed by atoms with Gasteiger partial charge in [-0.25, -0.2) is 8.42 Å². The highest BCUT2D eigenvalue weighted by atomic mass is 35.5. The monoisotopic (exact) mass is 515 g/mol. The van der Waals surface area contributed by atoms with Gasteiger partial charge in [0.1, 0.15) is 23.4 Å². The van der Waals surface area contributed by atoms with E-state index in [0.29, 0.717) is 37.5 Å². The zero-order chi connectivity index (χ0) is 24.2. The van der Waals surface area contributed by atoms with E-state index in [1.807, 2.05) is 12.1 Å². The van der Waals surface area contributed by atoms with Crippen molar-refractivity contribution in [2.24, 2.45) is 0 Å². The minimum Gasteiger partial charge on any atom is -0.493 e. The van der Waals surface area contributed by atoms with Gasteiger partial charge >= 0.3 is 0 Å². The second-order valence-corrected chi connectivity index (χ2v) is 11.0. The molecule has 0 spiro atoms. The molecule has 1 amide bonds. The number of carbonyl (C=O) groups is 2. The first kappa shape index (κ1) is 25.5. The number of hydrogen-bond donors (Lipinski definition) is 0. The molecule has 8 nitrogen and oxygen atoms in total. The maximum Gasteiger partial charge on any atom is 0.265 e. The first-order valence-electron chi connectivity index (χ1n) is 10.3. The summed E-state index contributed by atoms with van der Waals surface area (Å²) in [4.78, 5) is 25.9. The van der Waals surface area contributed by atoms with Crippen LogP contribution in [0.15, 0.2) is 28.5 Å². The highest BCUT2D eigenvalue weighted by molar-refractivity contribution is 7.91. The lowest BCUT2D eigenvalue weighted by atomic mass is 10.1. The van der Waals surface area contributed by atoms with E-state index in [4.69, 9.17) is 25.8 Å². The van der Waals surface area contributed by atoms with Crippen LogP contribution in [0.5, 0.6) is 11.5 Å². The number of halogens is 1. The molecule has 0 bridgehead atoms. The number of carbonyl (C=O) groups excluding carboxylic acids is 2. The van der Waals surface area contributed by atoms with Crippen LogP contribution in [0.1, 0.15) is 28.6 Å². The second kappa shape index (κ2) is 10.9. The molecule has 1 aliphatic rings. The average Bonchev–Trinajstić information content (AvgIpc) is 3.17. The summed E-state index contributed by atoms with van der Waals surface area (Å²) in [5.74, 6) is 0.883. The van der Waals surface area contributed by atoms with Crippen molar-refractivity contribution in [1.82, 2.24) is 4.90 Å². The Kier molecular flexibility index (Phi) is 8.38. The predicted octanol–water partition coefficient (Wildman–Crippen LogP) is 3.26. The van der Waals surface area contributed by atoms with Crippen LogP contribution in [0.3, 0.4) is 0 Å². The standard InChI is InChI=1S/C22H26ClNO7S2/c1-14(25)4-5-15-6-7-17(18(10-15)29-2)31-12-16-11-24(8-9-30-16)22(26)21-20(23)19(13-32-21)33(3,27)28/h6-7,10,13,16H,4-5,8-9,11-12H2,1-3H3. The van der Waals surface area contributed by atoms with Crippen LogP contribution in [0.2, 0.25) is 5.02 Å². The first-order chi connectivity index (χ1) is 15.6. The summed E-state index contributed by atoms with van der Waals surface area (Å²) in [6, 6.07) is 5.52. The molecular formula is C22H26ClNO7S2. The summed E-state index contributed by atoms with van der Waals surface area (Å²) in [7, 11) is -1.96. The molecule has 0 radical (unpaired) electrons. The summed E-state index contributed by atoms with van der Waals surface area (Å²) in [5, 5.41) is 1.35. The molecule has 1 aliphatic heterocycles. The van der Waals surface area contributed by atoms with E-state index in [-0.39, 0.29) is 45.7 Å². The third-order valence-electron chi connectivity index (χ3n) is 5.14. The third-order valence-corrected chi connectivity index (χ3v) is 7.99. The topological polar surface area (TPSA) is 99.2 Å². The van der Waals surface area contributed by atoms with Crippen LogP contribution in [-0.4, -0.2) is 70.8 Å². The highest BCUT2D eigenvalue weighted by Gasteiger charge is 2.30. The fourth-order valence-corrected chi connectivity index (χ4v) is 6.24. The molecule has 2 aromatic rings. The first-order valence-corrected chi connectivity index (χ1v) is 13.4. The van der Waals surface area contributed by atoms with Crippen molar-refractivity contribution in [2.45, 2.75) is 30.8 Å². The molecule has 3 rings (SSSR count). The van der Waals surface area contributed by atoms with Gasteiger partial charge in [-0.15, -0.1) is 11.3 Å². The van der Waals surface area contributed by atoms with E-state index >= 15 is 0 Å². The molecule has 180 valence electrons. The summed E-state index contributed by atoms with van der Waals surface area (Å²) in [5.41, 5.74) is 0.973. The maximum atomic E-state index is 12.9. The molecule has 1 unspecified atom stereocenters. The summed E-state index contributed by atoms with van der Waals surface area (Å²) < 4.78 is 40.7. The molecule has 2 heterocycles. The lowest BCUT2D eigenvalue weighted by molar-refractivity contribution is -0.116.